The van der Waals surface area contributed by atoms with Gasteiger partial charge in [-0.05, 0) is 20.8 Å². The summed E-state index contributed by atoms with van der Waals surface area (Å²) in [6, 6.07) is 0. The number of hydrogen-bond acceptors (Lipinski definition) is 3. The van der Waals surface area contributed by atoms with E-state index in [-0.39, 0.29) is 18.0 Å². The standard InChI is InChI=1S/C9H18O3/c1-6(2)9(10)12-8(5)11-7(3)4/h6-8H,1-5H3. The van der Waals surface area contributed by atoms with Crippen LogP contribution in [0.5, 0.6) is 0 Å². The molecule has 0 spiro atoms. The molecule has 1 unspecified atom stereocenters. The second-order valence-electron chi connectivity index (χ2n) is 3.34. The zero-order valence-electron chi connectivity index (χ0n) is 8.46. The van der Waals surface area contributed by atoms with Gasteiger partial charge in [0.1, 0.15) is 0 Å². The summed E-state index contributed by atoms with van der Waals surface area (Å²) in [6.45, 7) is 9.12. The van der Waals surface area contributed by atoms with Gasteiger partial charge < -0.3 is 9.47 Å². The van der Waals surface area contributed by atoms with E-state index in [1.807, 2.05) is 13.8 Å². The minimum Gasteiger partial charge on any atom is -0.436 e. The van der Waals surface area contributed by atoms with Crippen molar-refractivity contribution in [2.24, 2.45) is 5.92 Å². The second-order valence-corrected chi connectivity index (χ2v) is 3.34. The van der Waals surface area contributed by atoms with Gasteiger partial charge in [0.25, 0.3) is 0 Å². The summed E-state index contributed by atoms with van der Waals surface area (Å²) in [5.74, 6) is -0.314. The number of carbonyl (C=O) groups is 1. The number of rotatable bonds is 4. The Morgan fingerprint density at radius 3 is 1.92 bits per heavy atom. The van der Waals surface area contributed by atoms with E-state index in [0.717, 1.165) is 0 Å². The van der Waals surface area contributed by atoms with Crippen molar-refractivity contribution >= 4 is 5.97 Å². The quantitative estimate of drug-likeness (QED) is 0.482. The molecule has 0 saturated carbocycles. The molecule has 3 heteroatoms. The topological polar surface area (TPSA) is 35.5 Å². The van der Waals surface area contributed by atoms with Crippen molar-refractivity contribution in [3.63, 3.8) is 0 Å². The molecule has 0 saturated heterocycles. The third kappa shape index (κ3) is 5.13. The van der Waals surface area contributed by atoms with Gasteiger partial charge in [-0.1, -0.05) is 13.8 Å². The van der Waals surface area contributed by atoms with Crippen molar-refractivity contribution in [1.29, 1.82) is 0 Å². The Morgan fingerprint density at radius 2 is 1.58 bits per heavy atom. The van der Waals surface area contributed by atoms with Crippen molar-refractivity contribution in [2.75, 3.05) is 0 Å². The summed E-state index contributed by atoms with van der Waals surface area (Å²) in [5, 5.41) is 0. The van der Waals surface area contributed by atoms with Gasteiger partial charge in [-0.3, -0.25) is 4.79 Å². The number of ether oxygens (including phenoxy) is 2. The normalized spacial score (nSPS) is 13.6. The molecule has 0 aromatic rings. The summed E-state index contributed by atoms with van der Waals surface area (Å²) in [5.41, 5.74) is 0. The number of hydrogen-bond donors (Lipinski definition) is 0. The molecule has 12 heavy (non-hydrogen) atoms. The van der Waals surface area contributed by atoms with Crippen LogP contribution in [-0.4, -0.2) is 18.4 Å². The van der Waals surface area contributed by atoms with Crippen molar-refractivity contribution in [2.45, 2.75) is 47.0 Å². The van der Waals surface area contributed by atoms with Crippen LogP contribution in [0.2, 0.25) is 0 Å². The van der Waals surface area contributed by atoms with E-state index in [2.05, 4.69) is 0 Å². The smallest absolute Gasteiger partial charge is 0.310 e. The molecule has 0 aliphatic heterocycles. The Morgan fingerprint density at radius 1 is 1.08 bits per heavy atom. The predicted octanol–water partition coefficient (Wildman–Crippen LogP) is 1.96. The lowest BCUT2D eigenvalue weighted by molar-refractivity contribution is -0.184. The average Bonchev–Trinajstić information content (AvgIpc) is 1.84. The third-order valence-electron chi connectivity index (χ3n) is 1.22. The molecule has 0 aliphatic carbocycles. The van der Waals surface area contributed by atoms with Crippen LogP contribution < -0.4 is 0 Å². The molecule has 0 aromatic heterocycles. The highest BCUT2D eigenvalue weighted by molar-refractivity contribution is 5.71. The zero-order valence-corrected chi connectivity index (χ0v) is 8.46. The molecule has 0 heterocycles. The van der Waals surface area contributed by atoms with Crippen molar-refractivity contribution in [1.82, 2.24) is 0 Å². The molecule has 0 aliphatic rings. The minimum atomic E-state index is -0.445. The van der Waals surface area contributed by atoms with Crippen LogP contribution in [0, 0.1) is 5.92 Å². The van der Waals surface area contributed by atoms with E-state index in [9.17, 15) is 4.79 Å². The number of carbonyl (C=O) groups excluding carboxylic acids is 1. The van der Waals surface area contributed by atoms with Gasteiger partial charge in [0.2, 0.25) is 0 Å². The highest BCUT2D eigenvalue weighted by Crippen LogP contribution is 2.03. The average molecular weight is 174 g/mol. The lowest BCUT2D eigenvalue weighted by Crippen LogP contribution is -2.23. The highest BCUT2D eigenvalue weighted by atomic mass is 16.7. The lowest BCUT2D eigenvalue weighted by Gasteiger charge is -2.17. The maximum atomic E-state index is 11.0. The fourth-order valence-corrected chi connectivity index (χ4v) is 0.711. The first-order valence-corrected chi connectivity index (χ1v) is 4.29. The fourth-order valence-electron chi connectivity index (χ4n) is 0.711. The molecule has 1 atom stereocenters. The van der Waals surface area contributed by atoms with Gasteiger partial charge >= 0.3 is 5.97 Å². The van der Waals surface area contributed by atoms with Crippen molar-refractivity contribution in [3.8, 4) is 0 Å². The van der Waals surface area contributed by atoms with E-state index in [0.29, 0.717) is 0 Å². The first-order chi connectivity index (χ1) is 5.43. The summed E-state index contributed by atoms with van der Waals surface area (Å²) < 4.78 is 10.2. The molecule has 72 valence electrons. The van der Waals surface area contributed by atoms with Gasteiger partial charge in [-0.25, -0.2) is 0 Å². The van der Waals surface area contributed by atoms with Crippen LogP contribution in [0.15, 0.2) is 0 Å². The fraction of sp³-hybridized carbons (Fsp3) is 0.889. The Hall–Kier alpha value is -0.570. The largest absolute Gasteiger partial charge is 0.436 e. The van der Waals surface area contributed by atoms with Crippen molar-refractivity contribution < 1.29 is 14.3 Å². The third-order valence-corrected chi connectivity index (χ3v) is 1.22. The van der Waals surface area contributed by atoms with Crippen LogP contribution in [0.4, 0.5) is 0 Å². The van der Waals surface area contributed by atoms with E-state index in [1.54, 1.807) is 20.8 Å². The number of esters is 1. The summed E-state index contributed by atoms with van der Waals surface area (Å²) in [6.07, 6.45) is -0.361. The summed E-state index contributed by atoms with van der Waals surface area (Å²) >= 11 is 0. The van der Waals surface area contributed by atoms with Crippen molar-refractivity contribution in [3.05, 3.63) is 0 Å². The summed E-state index contributed by atoms with van der Waals surface area (Å²) in [4.78, 5) is 11.0. The predicted molar refractivity (Wildman–Crippen MR) is 46.6 cm³/mol. The Kier molecular flexibility index (Phi) is 4.90. The maximum absolute atomic E-state index is 11.0. The van der Waals surface area contributed by atoms with E-state index >= 15 is 0 Å². The van der Waals surface area contributed by atoms with Gasteiger partial charge in [0.15, 0.2) is 6.29 Å². The molecular weight excluding hydrogens is 156 g/mol. The molecule has 3 nitrogen and oxygen atoms in total. The van der Waals surface area contributed by atoms with Crippen LogP contribution in [0.1, 0.15) is 34.6 Å². The Labute approximate surface area is 74.0 Å². The van der Waals surface area contributed by atoms with Crippen LogP contribution in [0.25, 0.3) is 0 Å². The first-order valence-electron chi connectivity index (χ1n) is 4.29. The zero-order chi connectivity index (χ0) is 9.72. The van der Waals surface area contributed by atoms with E-state index in [4.69, 9.17) is 9.47 Å². The molecule has 0 N–H and O–H groups in total. The molecule has 0 bridgehead atoms. The van der Waals surface area contributed by atoms with Gasteiger partial charge in [0, 0.05) is 0 Å². The van der Waals surface area contributed by atoms with Crippen LogP contribution >= 0.6 is 0 Å². The Balaban J connectivity index is 3.69. The SMILES string of the molecule is CC(C)OC(C)OC(=O)C(C)C. The van der Waals surface area contributed by atoms with Gasteiger partial charge in [0.05, 0.1) is 12.0 Å². The molecule has 0 rings (SSSR count). The highest BCUT2D eigenvalue weighted by Gasteiger charge is 2.13. The molecule has 0 amide bonds. The van der Waals surface area contributed by atoms with Gasteiger partial charge in [-0.2, -0.15) is 0 Å². The molecule has 0 fully saturated rings. The second kappa shape index (κ2) is 5.14. The maximum Gasteiger partial charge on any atom is 0.310 e. The molecular formula is C9H18O3. The van der Waals surface area contributed by atoms with Crippen LogP contribution in [0.3, 0.4) is 0 Å². The first kappa shape index (κ1) is 11.4. The van der Waals surface area contributed by atoms with Gasteiger partial charge in [-0.15, -0.1) is 0 Å². The molecule has 0 aromatic carbocycles. The monoisotopic (exact) mass is 174 g/mol. The Bertz CT molecular complexity index is 141. The minimum absolute atomic E-state index is 0.0833. The van der Waals surface area contributed by atoms with E-state index < -0.39 is 6.29 Å². The van der Waals surface area contributed by atoms with E-state index in [1.165, 1.54) is 0 Å². The van der Waals surface area contributed by atoms with Crippen LogP contribution in [-0.2, 0) is 14.3 Å². The lowest BCUT2D eigenvalue weighted by atomic mass is 10.2. The summed E-state index contributed by atoms with van der Waals surface area (Å²) in [7, 11) is 0. The molecule has 0 radical (unpaired) electrons.